The maximum atomic E-state index is 13.4. The van der Waals surface area contributed by atoms with Gasteiger partial charge in [-0.3, -0.25) is 20.0 Å². The number of carbonyl (C=O) groups is 1. The number of H-pyrrole nitrogens is 1. The smallest absolute Gasteiger partial charge is 0.304 e. The molecule has 2 rings (SSSR count). The Kier molecular flexibility index (Phi) is 3.74. The molecule has 0 saturated carbocycles. The van der Waals surface area contributed by atoms with Gasteiger partial charge in [0.1, 0.15) is 0 Å². The summed E-state index contributed by atoms with van der Waals surface area (Å²) in [6.45, 7) is 1.92. The third-order valence-electron chi connectivity index (χ3n) is 2.66. The van der Waals surface area contributed by atoms with Crippen LogP contribution in [0.15, 0.2) is 24.3 Å². The number of nitrogens with one attached hydrogen (secondary N) is 2. The zero-order valence-electron chi connectivity index (χ0n) is 10.5. The number of hydrogen-bond donors (Lipinski definition) is 2. The van der Waals surface area contributed by atoms with Gasteiger partial charge in [-0.1, -0.05) is 6.92 Å². The highest BCUT2D eigenvalue weighted by atomic mass is 19.1. The quantitative estimate of drug-likeness (QED) is 0.661. The number of benzene rings is 1. The van der Waals surface area contributed by atoms with Crippen molar-refractivity contribution in [3.63, 3.8) is 0 Å². The van der Waals surface area contributed by atoms with Gasteiger partial charge in [0.2, 0.25) is 5.82 Å². The molecular formula is C12H11FN4O3. The second kappa shape index (κ2) is 5.47. The molecule has 0 radical (unpaired) electrons. The van der Waals surface area contributed by atoms with E-state index >= 15 is 0 Å². The summed E-state index contributed by atoms with van der Waals surface area (Å²) in [6, 6.07) is 4.61. The lowest BCUT2D eigenvalue weighted by atomic mass is 10.2. The number of halogens is 1. The van der Waals surface area contributed by atoms with Crippen molar-refractivity contribution in [3.8, 4) is 0 Å². The minimum Gasteiger partial charge on any atom is -0.305 e. The molecule has 0 fully saturated rings. The molecule has 0 aliphatic heterocycles. The second-order valence-electron chi connectivity index (χ2n) is 4.01. The number of anilines is 1. The van der Waals surface area contributed by atoms with Gasteiger partial charge in [0.15, 0.2) is 5.82 Å². The van der Waals surface area contributed by atoms with Crippen LogP contribution in [0, 0.1) is 15.9 Å². The first kappa shape index (κ1) is 13.7. The van der Waals surface area contributed by atoms with E-state index in [0.717, 1.165) is 24.2 Å². The first-order valence-corrected chi connectivity index (χ1v) is 5.81. The average Bonchev–Trinajstić information content (AvgIpc) is 2.85. The van der Waals surface area contributed by atoms with Crippen molar-refractivity contribution in [2.45, 2.75) is 13.3 Å². The van der Waals surface area contributed by atoms with Gasteiger partial charge in [-0.2, -0.15) is 9.49 Å². The lowest BCUT2D eigenvalue weighted by molar-refractivity contribution is -0.387. The number of carbonyl (C=O) groups excluding carboxylic acids is 1. The van der Waals surface area contributed by atoms with Gasteiger partial charge in [-0.05, 0) is 18.6 Å². The molecule has 0 spiro atoms. The van der Waals surface area contributed by atoms with Crippen LogP contribution in [0.2, 0.25) is 0 Å². The lowest BCUT2D eigenvalue weighted by Crippen LogP contribution is -2.12. The first-order chi connectivity index (χ1) is 9.51. The van der Waals surface area contributed by atoms with Crippen LogP contribution >= 0.6 is 0 Å². The van der Waals surface area contributed by atoms with E-state index < -0.39 is 22.3 Å². The molecule has 2 N–H and O–H groups in total. The van der Waals surface area contributed by atoms with Crippen LogP contribution in [0.3, 0.4) is 0 Å². The molecule has 0 saturated heterocycles. The summed E-state index contributed by atoms with van der Waals surface area (Å²) in [7, 11) is 0. The minimum atomic E-state index is -1.06. The summed E-state index contributed by atoms with van der Waals surface area (Å²) in [5.41, 5.74) is 0.152. The molecule has 0 aliphatic carbocycles. The Labute approximate surface area is 113 Å². The number of hydrogen-bond acceptors (Lipinski definition) is 4. The van der Waals surface area contributed by atoms with E-state index in [-0.39, 0.29) is 5.56 Å². The van der Waals surface area contributed by atoms with E-state index in [2.05, 4.69) is 15.5 Å². The van der Waals surface area contributed by atoms with Gasteiger partial charge in [-0.25, -0.2) is 0 Å². The predicted octanol–water partition coefficient (Wildman–Crippen LogP) is 2.27. The summed E-state index contributed by atoms with van der Waals surface area (Å²) in [5.74, 6) is -1.34. The van der Waals surface area contributed by atoms with E-state index in [9.17, 15) is 19.3 Å². The Morgan fingerprint density at radius 2 is 2.25 bits per heavy atom. The van der Waals surface area contributed by atoms with Gasteiger partial charge in [0.25, 0.3) is 5.91 Å². The van der Waals surface area contributed by atoms with Crippen LogP contribution in [0.4, 0.5) is 15.9 Å². The highest BCUT2D eigenvalue weighted by Gasteiger charge is 2.17. The van der Waals surface area contributed by atoms with Crippen molar-refractivity contribution in [1.82, 2.24) is 10.2 Å². The number of nitro benzene ring substituents is 1. The molecule has 2 aromatic rings. The summed E-state index contributed by atoms with van der Waals surface area (Å²) in [4.78, 5) is 21.5. The summed E-state index contributed by atoms with van der Waals surface area (Å²) >= 11 is 0. The molecule has 7 nitrogen and oxygen atoms in total. The number of nitrogens with zero attached hydrogens (tertiary/aromatic N) is 2. The Hall–Kier alpha value is -2.77. The number of rotatable bonds is 4. The standard InChI is InChI=1S/C12H11FN4O3/c1-2-8-6-11(16-15-8)14-12(18)7-3-4-10(17(19)20)9(13)5-7/h3-6H,2H2,1H3,(H2,14,15,16,18). The zero-order valence-corrected chi connectivity index (χ0v) is 10.5. The maximum absolute atomic E-state index is 13.4. The Morgan fingerprint density at radius 1 is 1.50 bits per heavy atom. The molecule has 8 heteroatoms. The fourth-order valence-electron chi connectivity index (χ4n) is 1.59. The number of nitro groups is 1. The summed E-state index contributed by atoms with van der Waals surface area (Å²) in [5, 5.41) is 19.5. The molecule has 1 aromatic carbocycles. The molecule has 0 atom stereocenters. The van der Waals surface area contributed by atoms with Crippen LogP contribution in [-0.4, -0.2) is 21.0 Å². The fraction of sp³-hybridized carbons (Fsp3) is 0.167. The number of aromatic amines is 1. The Morgan fingerprint density at radius 3 is 2.80 bits per heavy atom. The van der Waals surface area contributed by atoms with Crippen LogP contribution in [0.25, 0.3) is 0 Å². The SMILES string of the molecule is CCc1cc(NC(=O)c2ccc([N+](=O)[O-])c(F)c2)n[nH]1. The molecule has 0 aliphatic rings. The van der Waals surface area contributed by atoms with E-state index in [0.29, 0.717) is 5.82 Å². The maximum Gasteiger partial charge on any atom is 0.304 e. The van der Waals surface area contributed by atoms with Gasteiger partial charge in [-0.15, -0.1) is 0 Å². The second-order valence-corrected chi connectivity index (χ2v) is 4.01. The molecular weight excluding hydrogens is 267 g/mol. The highest BCUT2D eigenvalue weighted by molar-refractivity contribution is 6.03. The van der Waals surface area contributed by atoms with Crippen molar-refractivity contribution >= 4 is 17.4 Å². The van der Waals surface area contributed by atoms with Gasteiger partial charge in [0.05, 0.1) is 4.92 Å². The minimum absolute atomic E-state index is 0.0193. The third kappa shape index (κ3) is 2.79. The Balaban J connectivity index is 2.17. The van der Waals surface area contributed by atoms with Gasteiger partial charge >= 0.3 is 5.69 Å². The number of aryl methyl sites for hydroxylation is 1. The van der Waals surface area contributed by atoms with E-state index in [1.165, 1.54) is 6.07 Å². The van der Waals surface area contributed by atoms with Crippen molar-refractivity contribution in [1.29, 1.82) is 0 Å². The molecule has 104 valence electrons. The predicted molar refractivity (Wildman–Crippen MR) is 69.0 cm³/mol. The van der Waals surface area contributed by atoms with Gasteiger partial charge < -0.3 is 5.32 Å². The summed E-state index contributed by atoms with van der Waals surface area (Å²) < 4.78 is 13.4. The Bertz CT molecular complexity index is 668. The first-order valence-electron chi connectivity index (χ1n) is 5.81. The van der Waals surface area contributed by atoms with Crippen molar-refractivity contribution < 1.29 is 14.1 Å². The molecule has 1 heterocycles. The van der Waals surface area contributed by atoms with Gasteiger partial charge in [0, 0.05) is 23.4 Å². The van der Waals surface area contributed by atoms with Crippen LogP contribution < -0.4 is 5.32 Å². The normalized spacial score (nSPS) is 10.3. The highest BCUT2D eigenvalue weighted by Crippen LogP contribution is 2.18. The number of amides is 1. The topological polar surface area (TPSA) is 101 Å². The molecule has 1 aromatic heterocycles. The third-order valence-corrected chi connectivity index (χ3v) is 2.66. The lowest BCUT2D eigenvalue weighted by Gasteiger charge is -2.02. The van der Waals surface area contributed by atoms with Crippen molar-refractivity contribution in [2.24, 2.45) is 0 Å². The average molecular weight is 278 g/mol. The molecule has 0 unspecified atom stereocenters. The molecule has 0 bridgehead atoms. The van der Waals surface area contributed by atoms with Crippen LogP contribution in [0.5, 0.6) is 0 Å². The van der Waals surface area contributed by atoms with Crippen LogP contribution in [-0.2, 0) is 6.42 Å². The van der Waals surface area contributed by atoms with E-state index in [4.69, 9.17) is 0 Å². The van der Waals surface area contributed by atoms with Crippen molar-refractivity contribution in [3.05, 3.63) is 51.5 Å². The zero-order chi connectivity index (χ0) is 14.7. The van der Waals surface area contributed by atoms with Crippen LogP contribution in [0.1, 0.15) is 23.0 Å². The largest absolute Gasteiger partial charge is 0.305 e. The molecule has 20 heavy (non-hydrogen) atoms. The monoisotopic (exact) mass is 278 g/mol. The number of aromatic nitrogens is 2. The summed E-state index contributed by atoms with van der Waals surface area (Å²) in [6.07, 6.45) is 0.731. The molecule has 1 amide bonds. The van der Waals surface area contributed by atoms with Crippen molar-refractivity contribution in [2.75, 3.05) is 5.32 Å². The van der Waals surface area contributed by atoms with E-state index in [1.807, 2.05) is 6.92 Å². The van der Waals surface area contributed by atoms with E-state index in [1.54, 1.807) is 6.07 Å². The fourth-order valence-corrected chi connectivity index (χ4v) is 1.59.